The van der Waals surface area contributed by atoms with Crippen LogP contribution in [0.1, 0.15) is 39.5 Å². The molecule has 1 aromatic carbocycles. The Morgan fingerprint density at radius 3 is 2.61 bits per heavy atom. The third-order valence-electron chi connectivity index (χ3n) is 5.13. The van der Waals surface area contributed by atoms with E-state index in [-0.39, 0.29) is 24.0 Å². The van der Waals surface area contributed by atoms with Crippen LogP contribution in [0.4, 0.5) is 5.69 Å². The topological polar surface area (TPSA) is 72.1 Å². The maximum atomic E-state index is 6.03. The highest BCUT2D eigenvalue weighted by molar-refractivity contribution is 14.0. The van der Waals surface area contributed by atoms with Crippen molar-refractivity contribution in [2.75, 3.05) is 44.7 Å². The largest absolute Gasteiger partial charge is 0.490 e. The lowest BCUT2D eigenvalue weighted by molar-refractivity contribution is 0.139. The molecular weight excluding hydrogens is 467 g/mol. The summed E-state index contributed by atoms with van der Waals surface area (Å²) in [6.07, 6.45) is 4.49. The van der Waals surface area contributed by atoms with Gasteiger partial charge in [-0.15, -0.1) is 24.0 Å². The maximum absolute atomic E-state index is 6.03. The van der Waals surface area contributed by atoms with Crippen LogP contribution in [-0.2, 0) is 0 Å². The molecule has 0 radical (unpaired) electrons. The van der Waals surface area contributed by atoms with Gasteiger partial charge in [0.15, 0.2) is 17.5 Å². The summed E-state index contributed by atoms with van der Waals surface area (Å²) in [5.41, 5.74) is 6.90. The number of hydrogen-bond donors (Lipinski definition) is 2. The van der Waals surface area contributed by atoms with Crippen LogP contribution in [0.5, 0.6) is 11.5 Å². The number of likely N-dealkylation sites (tertiary alicyclic amines) is 1. The lowest BCUT2D eigenvalue weighted by Gasteiger charge is -2.34. The molecule has 2 aliphatic heterocycles. The van der Waals surface area contributed by atoms with Crippen LogP contribution in [0.15, 0.2) is 23.2 Å². The van der Waals surface area contributed by atoms with Crippen LogP contribution in [-0.4, -0.2) is 50.3 Å². The van der Waals surface area contributed by atoms with Crippen molar-refractivity contribution in [3.8, 4) is 11.5 Å². The van der Waals surface area contributed by atoms with Crippen molar-refractivity contribution in [2.24, 2.45) is 22.6 Å². The van der Waals surface area contributed by atoms with Crippen LogP contribution in [0, 0.1) is 11.8 Å². The fraction of sp³-hybridized carbons (Fsp3) is 0.667. The monoisotopic (exact) mass is 502 g/mol. The molecule has 0 amide bonds. The fourth-order valence-electron chi connectivity index (χ4n) is 4.05. The molecule has 1 aromatic rings. The Hall–Kier alpha value is -1.22. The summed E-state index contributed by atoms with van der Waals surface area (Å²) in [6, 6.07) is 5.77. The van der Waals surface area contributed by atoms with E-state index >= 15 is 0 Å². The molecule has 3 N–H and O–H groups in total. The second kappa shape index (κ2) is 11.7. The number of fused-ring (bicyclic) bond motifs is 1. The quantitative estimate of drug-likeness (QED) is 0.267. The van der Waals surface area contributed by atoms with E-state index in [1.807, 2.05) is 18.2 Å². The van der Waals surface area contributed by atoms with E-state index in [1.165, 1.54) is 32.5 Å². The first-order chi connectivity index (χ1) is 13.1. The van der Waals surface area contributed by atoms with Gasteiger partial charge >= 0.3 is 0 Å². The zero-order chi connectivity index (χ0) is 19.1. The van der Waals surface area contributed by atoms with Gasteiger partial charge in [0.1, 0.15) is 0 Å². The van der Waals surface area contributed by atoms with E-state index in [2.05, 4.69) is 29.1 Å². The number of rotatable bonds is 6. The van der Waals surface area contributed by atoms with E-state index in [0.29, 0.717) is 19.2 Å². The molecule has 2 heterocycles. The number of aliphatic imine (C=N–C) groups is 1. The SMILES string of the molecule is CC1CC(C)CN(CCCCN=C(N)Nc2ccc3c(c2)OCCCO3)C1.I. The molecule has 158 valence electrons. The van der Waals surface area contributed by atoms with Crippen molar-refractivity contribution in [2.45, 2.75) is 39.5 Å². The van der Waals surface area contributed by atoms with Crippen molar-refractivity contribution in [3.63, 3.8) is 0 Å². The molecule has 2 aliphatic rings. The summed E-state index contributed by atoms with van der Waals surface area (Å²) >= 11 is 0. The summed E-state index contributed by atoms with van der Waals surface area (Å²) in [5.74, 6) is 3.64. The van der Waals surface area contributed by atoms with Gasteiger partial charge in [0, 0.05) is 37.8 Å². The smallest absolute Gasteiger partial charge is 0.193 e. The van der Waals surface area contributed by atoms with Gasteiger partial charge in [0.05, 0.1) is 13.2 Å². The summed E-state index contributed by atoms with van der Waals surface area (Å²) in [6.45, 7) is 10.5. The second-order valence-electron chi connectivity index (χ2n) is 8.02. The zero-order valence-electron chi connectivity index (χ0n) is 17.2. The molecule has 0 aliphatic carbocycles. The van der Waals surface area contributed by atoms with Gasteiger partial charge in [-0.2, -0.15) is 0 Å². The molecule has 0 spiro atoms. The summed E-state index contributed by atoms with van der Waals surface area (Å²) < 4.78 is 11.4. The third kappa shape index (κ3) is 7.31. The molecule has 2 unspecified atom stereocenters. The summed E-state index contributed by atoms with van der Waals surface area (Å²) in [5, 5.41) is 3.15. The number of hydrogen-bond acceptors (Lipinski definition) is 4. The predicted octanol–water partition coefficient (Wildman–Crippen LogP) is 3.95. The standard InChI is InChI=1S/C21H34N4O2.HI/c1-16-12-17(2)15-25(14-16)9-4-3-8-23-21(22)24-18-6-7-19-20(13-18)27-11-5-10-26-19;/h6-7,13,16-17H,3-5,8-12,14-15H2,1-2H3,(H3,22,23,24);1H. The molecule has 1 fully saturated rings. The van der Waals surface area contributed by atoms with Crippen LogP contribution in [0.3, 0.4) is 0 Å². The number of guanidine groups is 1. The van der Waals surface area contributed by atoms with Crippen molar-refractivity contribution in [3.05, 3.63) is 18.2 Å². The van der Waals surface area contributed by atoms with Gasteiger partial charge in [0.2, 0.25) is 0 Å². The number of unbranched alkanes of at least 4 members (excludes halogenated alkanes) is 1. The molecule has 3 rings (SSSR count). The number of anilines is 1. The van der Waals surface area contributed by atoms with Gasteiger partial charge < -0.3 is 25.4 Å². The van der Waals surface area contributed by atoms with Gasteiger partial charge in [0.25, 0.3) is 0 Å². The van der Waals surface area contributed by atoms with Crippen LogP contribution < -0.4 is 20.5 Å². The van der Waals surface area contributed by atoms with Gasteiger partial charge in [-0.1, -0.05) is 13.8 Å². The number of nitrogens with zero attached hydrogens (tertiary/aromatic N) is 2. The average molecular weight is 502 g/mol. The molecule has 7 heteroatoms. The molecule has 2 atom stereocenters. The van der Waals surface area contributed by atoms with Crippen molar-refractivity contribution in [1.29, 1.82) is 0 Å². The molecule has 1 saturated heterocycles. The first-order valence-electron chi connectivity index (χ1n) is 10.3. The normalized spacial score (nSPS) is 22.9. The maximum Gasteiger partial charge on any atom is 0.193 e. The van der Waals surface area contributed by atoms with E-state index in [0.717, 1.165) is 48.4 Å². The number of ether oxygens (including phenoxy) is 2. The minimum Gasteiger partial charge on any atom is -0.490 e. The molecule has 0 aromatic heterocycles. The van der Waals surface area contributed by atoms with Gasteiger partial charge in [-0.25, -0.2) is 0 Å². The molecule has 0 bridgehead atoms. The molecule has 28 heavy (non-hydrogen) atoms. The predicted molar refractivity (Wildman–Crippen MR) is 126 cm³/mol. The van der Waals surface area contributed by atoms with Crippen molar-refractivity contribution < 1.29 is 9.47 Å². The second-order valence-corrected chi connectivity index (χ2v) is 8.02. The van der Waals surface area contributed by atoms with E-state index < -0.39 is 0 Å². The number of benzene rings is 1. The summed E-state index contributed by atoms with van der Waals surface area (Å²) in [7, 11) is 0. The zero-order valence-corrected chi connectivity index (χ0v) is 19.5. The molecular formula is C21H35IN4O2. The van der Waals surface area contributed by atoms with E-state index in [1.54, 1.807) is 0 Å². The first-order valence-corrected chi connectivity index (χ1v) is 10.3. The number of nitrogens with two attached hydrogens (primary N) is 1. The highest BCUT2D eigenvalue weighted by Gasteiger charge is 2.20. The highest BCUT2D eigenvalue weighted by atomic mass is 127. The Bertz CT molecular complexity index is 631. The Balaban J connectivity index is 0.00000280. The number of halogens is 1. The Kier molecular flexibility index (Phi) is 9.64. The Labute approximate surface area is 186 Å². The van der Waals surface area contributed by atoms with Gasteiger partial charge in [-0.3, -0.25) is 4.99 Å². The Morgan fingerprint density at radius 1 is 1.14 bits per heavy atom. The molecule has 6 nitrogen and oxygen atoms in total. The van der Waals surface area contributed by atoms with Crippen LogP contribution >= 0.6 is 24.0 Å². The van der Waals surface area contributed by atoms with E-state index in [9.17, 15) is 0 Å². The van der Waals surface area contributed by atoms with Gasteiger partial charge in [-0.05, 0) is 49.8 Å². The van der Waals surface area contributed by atoms with Crippen molar-refractivity contribution in [1.82, 2.24) is 4.90 Å². The van der Waals surface area contributed by atoms with Crippen molar-refractivity contribution >= 4 is 35.6 Å². The highest BCUT2D eigenvalue weighted by Crippen LogP contribution is 2.32. The average Bonchev–Trinajstić information content (AvgIpc) is 2.85. The lowest BCUT2D eigenvalue weighted by atomic mass is 9.92. The number of piperidine rings is 1. The van der Waals surface area contributed by atoms with E-state index in [4.69, 9.17) is 15.2 Å². The third-order valence-corrected chi connectivity index (χ3v) is 5.13. The molecule has 0 saturated carbocycles. The minimum absolute atomic E-state index is 0. The summed E-state index contributed by atoms with van der Waals surface area (Å²) in [4.78, 5) is 7.05. The lowest BCUT2D eigenvalue weighted by Crippen LogP contribution is -2.39. The number of nitrogens with one attached hydrogen (secondary N) is 1. The van der Waals surface area contributed by atoms with Crippen LogP contribution in [0.25, 0.3) is 0 Å². The minimum atomic E-state index is 0. The first kappa shape index (κ1) is 23.1. The fourth-order valence-corrected chi connectivity index (χ4v) is 4.05. The van der Waals surface area contributed by atoms with Crippen LogP contribution in [0.2, 0.25) is 0 Å². The Morgan fingerprint density at radius 2 is 1.86 bits per heavy atom.